The molecule has 6 nitrogen and oxygen atoms in total. The van der Waals surface area contributed by atoms with Crippen LogP contribution >= 0.6 is 0 Å². The van der Waals surface area contributed by atoms with Gasteiger partial charge in [0.15, 0.2) is 6.29 Å². The average molecular weight is 397 g/mol. The number of hydrogen-bond acceptors (Lipinski definition) is 5. The van der Waals surface area contributed by atoms with Gasteiger partial charge in [-0.3, -0.25) is 4.79 Å². The van der Waals surface area contributed by atoms with Crippen molar-refractivity contribution in [3.63, 3.8) is 0 Å². The lowest BCUT2D eigenvalue weighted by atomic mass is 10.1. The Morgan fingerprint density at radius 2 is 1.69 bits per heavy atom. The number of hydrogen-bond donors (Lipinski definition) is 0. The molecule has 6 heteroatoms. The third-order valence-electron chi connectivity index (χ3n) is 4.70. The molecule has 3 aromatic rings. The topological polar surface area (TPSA) is 58.9 Å². The third-order valence-corrected chi connectivity index (χ3v) is 4.70. The third kappa shape index (κ3) is 4.67. The Morgan fingerprint density at radius 1 is 0.966 bits per heavy atom. The summed E-state index contributed by atoms with van der Waals surface area (Å²) in [6.07, 6.45) is -0.738. The van der Waals surface area contributed by atoms with Crippen molar-refractivity contribution in [3.8, 4) is 11.5 Å². The van der Waals surface area contributed by atoms with E-state index in [-0.39, 0.29) is 11.6 Å². The van der Waals surface area contributed by atoms with Gasteiger partial charge in [-0.15, -0.1) is 0 Å². The number of para-hydroxylation sites is 1. The summed E-state index contributed by atoms with van der Waals surface area (Å²) in [6, 6.07) is 16.9. The molecule has 0 N–H and O–H groups in total. The molecule has 3 rings (SSSR count). The maximum absolute atomic E-state index is 13.3. The van der Waals surface area contributed by atoms with Gasteiger partial charge >= 0.3 is 0 Å². The minimum absolute atomic E-state index is 0.171. The summed E-state index contributed by atoms with van der Waals surface area (Å²) >= 11 is 0. The second-order valence-electron chi connectivity index (χ2n) is 6.72. The predicted octanol–water partition coefficient (Wildman–Crippen LogP) is 4.68. The van der Waals surface area contributed by atoms with Gasteiger partial charge in [-0.2, -0.15) is 0 Å². The van der Waals surface area contributed by atoms with Gasteiger partial charge in [-0.1, -0.05) is 18.2 Å². The van der Waals surface area contributed by atoms with Crippen LogP contribution < -0.4 is 10.3 Å². The Kier molecular flexibility index (Phi) is 7.04. The lowest BCUT2D eigenvalue weighted by molar-refractivity contribution is -0.107. The van der Waals surface area contributed by atoms with Gasteiger partial charge in [-0.25, -0.2) is 0 Å². The first-order valence-corrected chi connectivity index (χ1v) is 9.64. The molecule has 0 aliphatic heterocycles. The van der Waals surface area contributed by atoms with E-state index in [1.807, 2.05) is 68.4 Å². The van der Waals surface area contributed by atoms with Crippen LogP contribution in [0.15, 0.2) is 59.4 Å². The van der Waals surface area contributed by atoms with E-state index in [1.54, 1.807) is 4.57 Å². The number of ether oxygens (including phenoxy) is 4. The van der Waals surface area contributed by atoms with E-state index in [2.05, 4.69) is 0 Å². The number of fused-ring (bicyclic) bond motifs is 1. The molecule has 0 amide bonds. The molecular formula is C23H27NO5. The van der Waals surface area contributed by atoms with Gasteiger partial charge in [0.2, 0.25) is 0 Å². The van der Waals surface area contributed by atoms with E-state index < -0.39 is 6.29 Å². The number of aromatic nitrogens is 1. The van der Waals surface area contributed by atoms with E-state index in [0.717, 1.165) is 16.7 Å². The molecule has 1 unspecified atom stereocenters. The number of rotatable bonds is 9. The minimum Gasteiger partial charge on any atom is -0.457 e. The SMILES string of the molecule is CCOCC(C)n1c(=O)c(C(OC)OC)cc2ccc(Oc3ccccc3)cc21. The molecule has 0 bridgehead atoms. The second-order valence-corrected chi connectivity index (χ2v) is 6.72. The molecule has 0 saturated carbocycles. The molecule has 0 saturated heterocycles. The number of benzene rings is 2. The highest BCUT2D eigenvalue weighted by molar-refractivity contribution is 5.81. The first kappa shape index (κ1) is 21.0. The van der Waals surface area contributed by atoms with Crippen LogP contribution in [-0.2, 0) is 14.2 Å². The standard InChI is InChI=1S/C23H27NO5/c1-5-28-15-16(2)24-21-14-19(29-18-9-7-6-8-10-18)12-11-17(21)13-20(22(24)25)23(26-3)27-4/h6-14,16,23H,5,15H2,1-4H3. The maximum atomic E-state index is 13.3. The van der Waals surface area contributed by atoms with Gasteiger partial charge in [0.05, 0.1) is 23.7 Å². The maximum Gasteiger partial charge on any atom is 0.259 e. The Morgan fingerprint density at radius 3 is 2.34 bits per heavy atom. The zero-order valence-electron chi connectivity index (χ0n) is 17.3. The van der Waals surface area contributed by atoms with Gasteiger partial charge in [0, 0.05) is 26.9 Å². The summed E-state index contributed by atoms with van der Waals surface area (Å²) in [7, 11) is 3.03. The molecule has 1 aromatic heterocycles. The molecule has 0 aliphatic carbocycles. The van der Waals surface area contributed by atoms with Crippen LogP contribution in [0.1, 0.15) is 31.7 Å². The molecule has 0 radical (unpaired) electrons. The predicted molar refractivity (Wildman–Crippen MR) is 113 cm³/mol. The van der Waals surface area contributed by atoms with Gasteiger partial charge in [0.25, 0.3) is 5.56 Å². The van der Waals surface area contributed by atoms with Gasteiger partial charge in [-0.05, 0) is 49.6 Å². The van der Waals surface area contributed by atoms with E-state index in [1.165, 1.54) is 14.2 Å². The van der Waals surface area contributed by atoms with Crippen LogP contribution in [0, 0.1) is 0 Å². The molecule has 1 heterocycles. The zero-order chi connectivity index (χ0) is 20.8. The van der Waals surface area contributed by atoms with Crippen LogP contribution in [0.3, 0.4) is 0 Å². The van der Waals surface area contributed by atoms with Crippen LogP contribution in [0.25, 0.3) is 10.9 Å². The lowest BCUT2D eigenvalue weighted by Crippen LogP contribution is -2.31. The summed E-state index contributed by atoms with van der Waals surface area (Å²) in [5.41, 5.74) is 1.04. The summed E-state index contributed by atoms with van der Waals surface area (Å²) in [4.78, 5) is 13.3. The molecule has 29 heavy (non-hydrogen) atoms. The molecule has 1 atom stereocenters. The first-order valence-electron chi connectivity index (χ1n) is 9.64. The summed E-state index contributed by atoms with van der Waals surface area (Å²) in [5, 5.41) is 0.891. The largest absolute Gasteiger partial charge is 0.457 e. The molecule has 0 fully saturated rings. The highest BCUT2D eigenvalue weighted by Crippen LogP contribution is 2.28. The fraction of sp³-hybridized carbons (Fsp3) is 0.348. The Labute approximate surface area is 170 Å². The Hall–Kier alpha value is -2.67. The second kappa shape index (κ2) is 9.69. The first-order chi connectivity index (χ1) is 14.1. The van der Waals surface area contributed by atoms with Crippen molar-refractivity contribution in [2.75, 3.05) is 27.4 Å². The number of nitrogens with zero attached hydrogens (tertiary/aromatic N) is 1. The smallest absolute Gasteiger partial charge is 0.259 e. The number of pyridine rings is 1. The fourth-order valence-electron chi connectivity index (χ4n) is 3.34. The summed E-state index contributed by atoms with van der Waals surface area (Å²) < 4.78 is 24.0. The van der Waals surface area contributed by atoms with E-state index in [9.17, 15) is 4.79 Å². The number of methoxy groups -OCH3 is 2. The van der Waals surface area contributed by atoms with Crippen molar-refractivity contribution in [2.24, 2.45) is 0 Å². The van der Waals surface area contributed by atoms with Gasteiger partial charge < -0.3 is 23.5 Å². The van der Waals surface area contributed by atoms with Crippen molar-refractivity contribution in [1.82, 2.24) is 4.57 Å². The van der Waals surface area contributed by atoms with E-state index >= 15 is 0 Å². The van der Waals surface area contributed by atoms with Crippen molar-refractivity contribution in [1.29, 1.82) is 0 Å². The summed E-state index contributed by atoms with van der Waals surface area (Å²) in [6.45, 7) is 4.89. The van der Waals surface area contributed by atoms with Crippen molar-refractivity contribution in [2.45, 2.75) is 26.2 Å². The monoisotopic (exact) mass is 397 g/mol. The minimum atomic E-state index is -0.738. The van der Waals surface area contributed by atoms with Crippen molar-refractivity contribution in [3.05, 3.63) is 70.5 Å². The van der Waals surface area contributed by atoms with Crippen LogP contribution in [0.2, 0.25) is 0 Å². The van der Waals surface area contributed by atoms with E-state index in [4.69, 9.17) is 18.9 Å². The molecule has 154 valence electrons. The van der Waals surface area contributed by atoms with Crippen LogP contribution in [0.4, 0.5) is 0 Å². The Balaban J connectivity index is 2.14. The Bertz CT molecular complexity index is 995. The van der Waals surface area contributed by atoms with Crippen molar-refractivity contribution < 1.29 is 18.9 Å². The molecule has 2 aromatic carbocycles. The summed E-state index contributed by atoms with van der Waals surface area (Å²) in [5.74, 6) is 1.39. The zero-order valence-corrected chi connectivity index (χ0v) is 17.3. The average Bonchev–Trinajstić information content (AvgIpc) is 2.74. The van der Waals surface area contributed by atoms with Crippen LogP contribution in [0.5, 0.6) is 11.5 Å². The fourth-order valence-corrected chi connectivity index (χ4v) is 3.34. The van der Waals surface area contributed by atoms with Crippen molar-refractivity contribution >= 4 is 10.9 Å². The van der Waals surface area contributed by atoms with Crippen LogP contribution in [-0.4, -0.2) is 32.0 Å². The van der Waals surface area contributed by atoms with Gasteiger partial charge in [0.1, 0.15) is 11.5 Å². The molecule has 0 spiro atoms. The molecule has 0 aliphatic rings. The lowest BCUT2D eigenvalue weighted by Gasteiger charge is -2.22. The quantitative estimate of drug-likeness (QED) is 0.491. The normalized spacial score (nSPS) is 12.4. The highest BCUT2D eigenvalue weighted by Gasteiger charge is 2.21. The highest BCUT2D eigenvalue weighted by atomic mass is 16.7. The molecular weight excluding hydrogens is 370 g/mol. The van der Waals surface area contributed by atoms with E-state index in [0.29, 0.717) is 24.5 Å².